The lowest BCUT2D eigenvalue weighted by molar-refractivity contribution is 0.0531. The second kappa shape index (κ2) is 9.67. The number of ether oxygens (including phenoxy) is 1. The molecule has 0 saturated heterocycles. The predicted molar refractivity (Wildman–Crippen MR) is 127 cm³/mol. The number of aromatic amines is 1. The van der Waals surface area contributed by atoms with Crippen molar-refractivity contribution in [2.24, 2.45) is 0 Å². The summed E-state index contributed by atoms with van der Waals surface area (Å²) in [4.78, 5) is 44.2. The fourth-order valence-corrected chi connectivity index (χ4v) is 3.81. The van der Waals surface area contributed by atoms with Gasteiger partial charge < -0.3 is 14.8 Å². The number of aliphatic hydroxyl groups is 1. The first-order valence-electron chi connectivity index (χ1n) is 10.7. The van der Waals surface area contributed by atoms with Crippen molar-refractivity contribution in [3.05, 3.63) is 91.3 Å². The fourth-order valence-electron chi connectivity index (χ4n) is 3.60. The Hall–Kier alpha value is -3.83. The molecule has 2 aromatic heterocycles. The Balaban J connectivity index is 1.54. The molecule has 0 bridgehead atoms. The summed E-state index contributed by atoms with van der Waals surface area (Å²) in [7, 11) is 0. The number of H-pyrrole nitrogens is 1. The molecule has 36 heavy (non-hydrogen) atoms. The summed E-state index contributed by atoms with van der Waals surface area (Å²) in [5.74, 6) is -2.29. The van der Waals surface area contributed by atoms with Gasteiger partial charge in [0.2, 0.25) is 11.8 Å². The van der Waals surface area contributed by atoms with Crippen LogP contribution in [0.5, 0.6) is 5.88 Å². The van der Waals surface area contributed by atoms with Crippen molar-refractivity contribution in [2.45, 2.75) is 39.0 Å². The Morgan fingerprint density at radius 1 is 1.19 bits per heavy atom. The van der Waals surface area contributed by atoms with Crippen LogP contribution in [0.4, 0.5) is 8.78 Å². The van der Waals surface area contributed by atoms with Gasteiger partial charge in [0.25, 0.3) is 5.56 Å². The monoisotopic (exact) mass is 518 g/mol. The molecule has 0 unspecified atom stereocenters. The first-order chi connectivity index (χ1) is 16.9. The van der Waals surface area contributed by atoms with E-state index in [1.54, 1.807) is 18.2 Å². The van der Waals surface area contributed by atoms with Crippen LogP contribution in [0.1, 0.15) is 36.2 Å². The lowest BCUT2D eigenvalue weighted by Gasteiger charge is -2.15. The van der Waals surface area contributed by atoms with Crippen LogP contribution in [-0.4, -0.2) is 35.7 Å². The van der Waals surface area contributed by atoms with Crippen molar-refractivity contribution < 1.29 is 23.4 Å². The lowest BCUT2D eigenvalue weighted by atomic mass is 10.1. The Morgan fingerprint density at radius 2 is 1.94 bits per heavy atom. The third-order valence-corrected chi connectivity index (χ3v) is 5.59. The maximum atomic E-state index is 13.8. The highest BCUT2D eigenvalue weighted by atomic mass is 35.5. The number of hydrogen-bond acceptors (Lipinski definition) is 6. The zero-order valence-electron chi connectivity index (χ0n) is 19.2. The van der Waals surface area contributed by atoms with Crippen LogP contribution in [-0.2, 0) is 13.2 Å². The van der Waals surface area contributed by atoms with Gasteiger partial charge in [0, 0.05) is 11.6 Å². The first-order valence-corrected chi connectivity index (χ1v) is 11.1. The average Bonchev–Trinajstić information content (AvgIpc) is 3.11. The lowest BCUT2D eigenvalue weighted by Crippen LogP contribution is -2.31. The Labute approximate surface area is 207 Å². The Kier molecular flexibility index (Phi) is 6.79. The van der Waals surface area contributed by atoms with Gasteiger partial charge in [0.1, 0.15) is 24.6 Å². The van der Waals surface area contributed by atoms with Crippen LogP contribution in [0.3, 0.4) is 0 Å². The highest BCUT2D eigenvalue weighted by Crippen LogP contribution is 2.20. The van der Waals surface area contributed by atoms with Crippen LogP contribution < -0.4 is 16.0 Å². The van der Waals surface area contributed by atoms with Crippen LogP contribution in [0.2, 0.25) is 5.02 Å². The van der Waals surface area contributed by atoms with Gasteiger partial charge in [-0.2, -0.15) is 0 Å². The van der Waals surface area contributed by atoms with E-state index in [9.17, 15) is 28.3 Å². The van der Waals surface area contributed by atoms with Crippen LogP contribution in [0, 0.1) is 11.6 Å². The van der Waals surface area contributed by atoms with Crippen LogP contribution in [0.25, 0.3) is 11.0 Å². The minimum absolute atomic E-state index is 0.0409. The zero-order chi connectivity index (χ0) is 26.2. The second-order valence-corrected chi connectivity index (χ2v) is 9.20. The van der Waals surface area contributed by atoms with Crippen molar-refractivity contribution in [1.29, 1.82) is 0 Å². The molecule has 0 aliphatic rings. The topological polar surface area (TPSA) is 119 Å². The number of benzene rings is 2. The Bertz CT molecular complexity index is 1590. The number of carbonyl (C=O) groups excluding carboxylic acids is 1. The van der Waals surface area contributed by atoms with Gasteiger partial charge in [0.15, 0.2) is 5.02 Å². The molecule has 2 N–H and O–H groups in total. The summed E-state index contributed by atoms with van der Waals surface area (Å²) in [6, 6.07) is 7.80. The third-order valence-electron chi connectivity index (χ3n) is 5.26. The third kappa shape index (κ3) is 5.37. The minimum atomic E-state index is -1.28. The van der Waals surface area contributed by atoms with E-state index in [1.165, 1.54) is 30.8 Å². The molecule has 188 valence electrons. The quantitative estimate of drug-likeness (QED) is 0.387. The van der Waals surface area contributed by atoms with Gasteiger partial charge >= 0.3 is 5.69 Å². The SMILES string of the molecule is CC(C)(O)CC(=O)n1c(=O)[nH]c2cc(Cn3cnc(OCc4ccc(F)cc4F)c(Cl)c3=O)ccc21. The molecular formula is C24H21ClF2N4O5. The fraction of sp³-hybridized carbons (Fsp3) is 0.250. The van der Waals surface area contributed by atoms with Gasteiger partial charge in [-0.15, -0.1) is 0 Å². The van der Waals surface area contributed by atoms with Gasteiger partial charge in [-0.3, -0.25) is 14.2 Å². The molecular weight excluding hydrogens is 498 g/mol. The summed E-state index contributed by atoms with van der Waals surface area (Å²) in [6.45, 7) is 2.67. The van der Waals surface area contributed by atoms with Crippen molar-refractivity contribution in [3.63, 3.8) is 0 Å². The van der Waals surface area contributed by atoms with Gasteiger partial charge in [-0.1, -0.05) is 17.7 Å². The number of imidazole rings is 1. The van der Waals surface area contributed by atoms with Gasteiger partial charge in [-0.05, 0) is 43.7 Å². The molecule has 4 rings (SSSR count). The van der Waals surface area contributed by atoms with Crippen molar-refractivity contribution in [3.8, 4) is 5.88 Å². The summed E-state index contributed by atoms with van der Waals surface area (Å²) in [5.41, 5.74) is -1.17. The summed E-state index contributed by atoms with van der Waals surface area (Å²) in [5, 5.41) is 9.58. The van der Waals surface area contributed by atoms with E-state index < -0.39 is 34.4 Å². The Morgan fingerprint density at radius 3 is 2.64 bits per heavy atom. The molecule has 0 aliphatic heterocycles. The van der Waals surface area contributed by atoms with E-state index in [0.29, 0.717) is 22.7 Å². The first kappa shape index (κ1) is 25.3. The number of fused-ring (bicyclic) bond motifs is 1. The molecule has 0 fully saturated rings. The molecule has 0 radical (unpaired) electrons. The van der Waals surface area contributed by atoms with E-state index >= 15 is 0 Å². The molecule has 2 heterocycles. The minimum Gasteiger partial charge on any atom is -0.471 e. The molecule has 0 atom stereocenters. The summed E-state index contributed by atoms with van der Waals surface area (Å²) >= 11 is 6.12. The van der Waals surface area contributed by atoms with E-state index in [1.807, 2.05) is 0 Å². The zero-order valence-corrected chi connectivity index (χ0v) is 20.0. The summed E-state index contributed by atoms with van der Waals surface area (Å²) < 4.78 is 34.4. The maximum Gasteiger partial charge on any atom is 0.333 e. The number of aromatic nitrogens is 4. The van der Waals surface area contributed by atoms with Crippen LogP contribution >= 0.6 is 11.6 Å². The van der Waals surface area contributed by atoms with Crippen molar-refractivity contribution in [2.75, 3.05) is 0 Å². The number of carbonyl (C=O) groups is 1. The molecule has 2 aromatic carbocycles. The summed E-state index contributed by atoms with van der Waals surface area (Å²) in [6.07, 6.45) is 0.957. The van der Waals surface area contributed by atoms with E-state index in [4.69, 9.17) is 16.3 Å². The predicted octanol–water partition coefficient (Wildman–Crippen LogP) is 3.25. The number of nitrogens with zero attached hydrogens (tertiary/aromatic N) is 3. The smallest absolute Gasteiger partial charge is 0.333 e. The molecule has 12 heteroatoms. The van der Waals surface area contributed by atoms with Crippen LogP contribution in [0.15, 0.2) is 52.3 Å². The molecule has 4 aromatic rings. The normalized spacial score (nSPS) is 11.7. The molecule has 0 saturated carbocycles. The van der Waals surface area contributed by atoms with E-state index in [2.05, 4.69) is 9.97 Å². The van der Waals surface area contributed by atoms with Crippen molar-refractivity contribution in [1.82, 2.24) is 19.1 Å². The molecule has 0 aliphatic carbocycles. The second-order valence-electron chi connectivity index (χ2n) is 8.82. The average molecular weight is 519 g/mol. The van der Waals surface area contributed by atoms with Gasteiger partial charge in [-0.25, -0.2) is 23.1 Å². The largest absolute Gasteiger partial charge is 0.471 e. The number of halogens is 3. The van der Waals surface area contributed by atoms with Gasteiger partial charge in [0.05, 0.1) is 29.6 Å². The number of hydrogen-bond donors (Lipinski definition) is 2. The molecule has 0 amide bonds. The highest BCUT2D eigenvalue weighted by molar-refractivity contribution is 6.31. The maximum absolute atomic E-state index is 13.8. The van der Waals surface area contributed by atoms with E-state index in [-0.39, 0.29) is 36.0 Å². The van der Waals surface area contributed by atoms with Crippen molar-refractivity contribution >= 4 is 28.5 Å². The number of rotatable bonds is 7. The highest BCUT2D eigenvalue weighted by Gasteiger charge is 2.22. The standard InChI is InChI=1S/C24H21ClF2N4O5/c1-24(2,35)9-19(32)31-18-6-3-13(7-17(18)29-23(31)34)10-30-12-28-21(20(25)22(30)33)36-11-14-4-5-15(26)8-16(14)27/h3-8,12,35H,9-11H2,1-2H3,(H,29,34). The molecule has 0 spiro atoms. The number of nitrogens with one attached hydrogen (secondary N) is 1. The van der Waals surface area contributed by atoms with E-state index in [0.717, 1.165) is 10.6 Å². The molecule has 9 nitrogen and oxygen atoms in total.